The SMILES string of the molecule is Cc1cc(S(=O)(=O)N2CCC(Br)CC2)sc1Cl. The Morgan fingerprint density at radius 3 is 2.53 bits per heavy atom. The molecule has 1 aliphatic rings. The summed E-state index contributed by atoms with van der Waals surface area (Å²) in [6.45, 7) is 2.97. The van der Waals surface area contributed by atoms with E-state index in [-0.39, 0.29) is 0 Å². The van der Waals surface area contributed by atoms with Crippen LogP contribution in [0.25, 0.3) is 0 Å². The van der Waals surface area contributed by atoms with E-state index >= 15 is 0 Å². The predicted molar refractivity (Wildman–Crippen MR) is 74.8 cm³/mol. The Morgan fingerprint density at radius 1 is 1.47 bits per heavy atom. The number of nitrogens with zero attached hydrogens (tertiary/aromatic N) is 1. The molecule has 0 aliphatic carbocycles. The van der Waals surface area contributed by atoms with E-state index in [9.17, 15) is 8.42 Å². The molecule has 0 amide bonds. The Bertz CT molecular complexity index is 487. The van der Waals surface area contributed by atoms with E-state index in [4.69, 9.17) is 11.6 Å². The molecule has 7 heteroatoms. The standard InChI is InChI=1S/C10H13BrClNO2S2/c1-7-6-9(16-10(7)12)17(14,15)13-4-2-8(11)3-5-13/h6,8H,2-5H2,1H3. The molecule has 17 heavy (non-hydrogen) atoms. The van der Waals surface area contributed by atoms with Crippen LogP contribution in [0, 0.1) is 6.92 Å². The van der Waals surface area contributed by atoms with Gasteiger partial charge in [0.2, 0.25) is 0 Å². The van der Waals surface area contributed by atoms with E-state index in [1.54, 1.807) is 10.4 Å². The van der Waals surface area contributed by atoms with Crippen LogP contribution < -0.4 is 0 Å². The zero-order valence-electron chi connectivity index (χ0n) is 9.32. The number of halogens is 2. The van der Waals surface area contributed by atoms with Gasteiger partial charge in [-0.2, -0.15) is 4.31 Å². The van der Waals surface area contributed by atoms with Crippen LogP contribution in [0.4, 0.5) is 0 Å². The minimum absolute atomic E-state index is 0.355. The zero-order chi connectivity index (χ0) is 12.6. The molecule has 1 fully saturated rings. The maximum absolute atomic E-state index is 12.3. The first kappa shape index (κ1) is 13.8. The first-order valence-electron chi connectivity index (χ1n) is 5.31. The Balaban J connectivity index is 2.24. The van der Waals surface area contributed by atoms with E-state index in [1.807, 2.05) is 6.92 Å². The third kappa shape index (κ3) is 2.87. The molecule has 1 aromatic heterocycles. The number of hydrogen-bond donors (Lipinski definition) is 0. The van der Waals surface area contributed by atoms with Crippen molar-refractivity contribution in [3.8, 4) is 0 Å². The zero-order valence-corrected chi connectivity index (χ0v) is 13.3. The van der Waals surface area contributed by atoms with Gasteiger partial charge in [0.05, 0.1) is 4.34 Å². The first-order chi connectivity index (χ1) is 7.91. The van der Waals surface area contributed by atoms with Gasteiger partial charge in [-0.25, -0.2) is 8.42 Å². The summed E-state index contributed by atoms with van der Waals surface area (Å²) in [5.41, 5.74) is 0.825. The largest absolute Gasteiger partial charge is 0.252 e. The second-order valence-corrected chi connectivity index (χ2v) is 9.21. The summed E-state index contributed by atoms with van der Waals surface area (Å²) < 4.78 is 27.1. The van der Waals surface area contributed by atoms with Crippen LogP contribution in [0.15, 0.2) is 10.3 Å². The molecule has 1 saturated heterocycles. The van der Waals surface area contributed by atoms with Gasteiger partial charge in [-0.3, -0.25) is 0 Å². The molecule has 0 atom stereocenters. The number of sulfonamides is 1. The number of rotatable bonds is 2. The Kier molecular flexibility index (Phi) is 4.20. The van der Waals surface area contributed by atoms with Crippen LogP contribution in [-0.2, 0) is 10.0 Å². The molecule has 2 heterocycles. The van der Waals surface area contributed by atoms with Crippen LogP contribution in [0.5, 0.6) is 0 Å². The molecule has 96 valence electrons. The lowest BCUT2D eigenvalue weighted by molar-refractivity contribution is 0.355. The van der Waals surface area contributed by atoms with Crippen molar-refractivity contribution in [3.63, 3.8) is 0 Å². The van der Waals surface area contributed by atoms with Gasteiger partial charge in [0.15, 0.2) is 0 Å². The molecule has 0 unspecified atom stereocenters. The smallest absolute Gasteiger partial charge is 0.206 e. The predicted octanol–water partition coefficient (Wildman–Crippen LogP) is 3.26. The lowest BCUT2D eigenvalue weighted by Crippen LogP contribution is -2.38. The number of hydrogen-bond acceptors (Lipinski definition) is 3. The Labute approximate surface area is 119 Å². The van der Waals surface area contributed by atoms with Crippen molar-refractivity contribution < 1.29 is 8.42 Å². The third-order valence-corrected chi connectivity index (χ3v) is 7.63. The lowest BCUT2D eigenvalue weighted by atomic mass is 10.2. The van der Waals surface area contributed by atoms with Gasteiger partial charge < -0.3 is 0 Å². The molecule has 1 aliphatic heterocycles. The molecule has 0 spiro atoms. The van der Waals surface area contributed by atoms with Crippen molar-refractivity contribution >= 4 is 48.9 Å². The monoisotopic (exact) mass is 357 g/mol. The summed E-state index contributed by atoms with van der Waals surface area (Å²) >= 11 is 10.6. The Hall–Kier alpha value is 0.380. The van der Waals surface area contributed by atoms with Crippen LogP contribution in [0.2, 0.25) is 4.34 Å². The van der Waals surface area contributed by atoms with Crippen molar-refractivity contribution in [3.05, 3.63) is 16.0 Å². The van der Waals surface area contributed by atoms with E-state index in [0.29, 0.717) is 26.5 Å². The van der Waals surface area contributed by atoms with Gasteiger partial charge in [-0.15, -0.1) is 11.3 Å². The highest BCUT2D eigenvalue weighted by molar-refractivity contribution is 9.09. The van der Waals surface area contributed by atoms with Crippen molar-refractivity contribution in [2.75, 3.05) is 13.1 Å². The van der Waals surface area contributed by atoms with E-state index in [2.05, 4.69) is 15.9 Å². The molecular weight excluding hydrogens is 346 g/mol. The summed E-state index contributed by atoms with van der Waals surface area (Å²) in [7, 11) is -3.34. The van der Waals surface area contributed by atoms with E-state index in [0.717, 1.165) is 29.7 Å². The number of piperidine rings is 1. The molecule has 0 saturated carbocycles. The molecule has 2 rings (SSSR count). The average Bonchev–Trinajstić information content (AvgIpc) is 2.60. The second kappa shape index (κ2) is 5.17. The molecule has 0 bridgehead atoms. The highest BCUT2D eigenvalue weighted by atomic mass is 79.9. The van der Waals surface area contributed by atoms with Crippen molar-refractivity contribution in [2.24, 2.45) is 0 Å². The summed E-state index contributed by atoms with van der Waals surface area (Å²) in [4.78, 5) is 0.433. The fourth-order valence-electron chi connectivity index (χ4n) is 1.75. The summed E-state index contributed by atoms with van der Waals surface area (Å²) in [5.74, 6) is 0. The minimum atomic E-state index is -3.34. The molecule has 1 aromatic rings. The lowest BCUT2D eigenvalue weighted by Gasteiger charge is -2.28. The Morgan fingerprint density at radius 2 is 2.06 bits per heavy atom. The molecular formula is C10H13BrClNO2S2. The minimum Gasteiger partial charge on any atom is -0.206 e. The topological polar surface area (TPSA) is 37.4 Å². The number of alkyl halides is 1. The maximum Gasteiger partial charge on any atom is 0.252 e. The molecule has 0 radical (unpaired) electrons. The van der Waals surface area contributed by atoms with E-state index in [1.165, 1.54) is 0 Å². The summed E-state index contributed by atoms with van der Waals surface area (Å²) in [6, 6.07) is 1.66. The van der Waals surface area contributed by atoms with Crippen LogP contribution in [-0.4, -0.2) is 30.6 Å². The normalized spacial score (nSPS) is 19.7. The highest BCUT2D eigenvalue weighted by Gasteiger charge is 2.30. The van der Waals surface area contributed by atoms with Gasteiger partial charge >= 0.3 is 0 Å². The highest BCUT2D eigenvalue weighted by Crippen LogP contribution is 2.33. The molecule has 3 nitrogen and oxygen atoms in total. The first-order valence-corrected chi connectivity index (χ1v) is 8.86. The number of thiophene rings is 1. The fraction of sp³-hybridized carbons (Fsp3) is 0.600. The van der Waals surface area contributed by atoms with Crippen molar-refractivity contribution in [1.29, 1.82) is 0 Å². The van der Waals surface area contributed by atoms with Gasteiger partial charge in [0.25, 0.3) is 10.0 Å². The third-order valence-electron chi connectivity index (χ3n) is 2.81. The molecule has 0 N–H and O–H groups in total. The summed E-state index contributed by atoms with van der Waals surface area (Å²) in [6.07, 6.45) is 1.72. The fourth-order valence-corrected chi connectivity index (χ4v) is 5.49. The quantitative estimate of drug-likeness (QED) is 0.761. The van der Waals surface area contributed by atoms with Crippen LogP contribution >= 0.6 is 38.9 Å². The van der Waals surface area contributed by atoms with Gasteiger partial charge in [-0.05, 0) is 31.4 Å². The van der Waals surface area contributed by atoms with E-state index < -0.39 is 10.0 Å². The maximum atomic E-state index is 12.3. The van der Waals surface area contributed by atoms with Crippen LogP contribution in [0.1, 0.15) is 18.4 Å². The second-order valence-electron chi connectivity index (χ2n) is 4.10. The van der Waals surface area contributed by atoms with Gasteiger partial charge in [0.1, 0.15) is 4.21 Å². The average molecular weight is 359 g/mol. The summed E-state index contributed by atoms with van der Waals surface area (Å²) in [5, 5.41) is 0. The van der Waals surface area contributed by atoms with Crippen molar-refractivity contribution in [1.82, 2.24) is 4.31 Å². The molecule has 0 aromatic carbocycles. The van der Waals surface area contributed by atoms with Crippen molar-refractivity contribution in [2.45, 2.75) is 28.8 Å². The van der Waals surface area contributed by atoms with Crippen LogP contribution in [0.3, 0.4) is 0 Å². The van der Waals surface area contributed by atoms with Gasteiger partial charge in [-0.1, -0.05) is 27.5 Å². The number of aryl methyl sites for hydroxylation is 1. The van der Waals surface area contributed by atoms with Gasteiger partial charge in [0, 0.05) is 17.9 Å².